The third-order valence-corrected chi connectivity index (χ3v) is 2.04. The van der Waals surface area contributed by atoms with Gasteiger partial charge in [0.15, 0.2) is 0 Å². The van der Waals surface area contributed by atoms with Crippen molar-refractivity contribution < 1.29 is 0 Å². The zero-order valence-electron chi connectivity index (χ0n) is 7.00. The standard InChI is InChI=1S/C10H9ClN2/c11-7-3-6-10-8-4-1-2-5-9(8)12-13-10/h1-6H,7H2,(H,12,13). The number of hydrogen-bond donors (Lipinski definition) is 1. The highest BCUT2D eigenvalue weighted by Crippen LogP contribution is 2.15. The maximum Gasteiger partial charge on any atom is 0.0927 e. The van der Waals surface area contributed by atoms with Gasteiger partial charge in [0.2, 0.25) is 0 Å². The lowest BCUT2D eigenvalue weighted by Gasteiger charge is -1.87. The summed E-state index contributed by atoms with van der Waals surface area (Å²) in [6.07, 6.45) is 3.84. The largest absolute Gasteiger partial charge is 0.277 e. The van der Waals surface area contributed by atoms with Gasteiger partial charge in [0.1, 0.15) is 0 Å². The summed E-state index contributed by atoms with van der Waals surface area (Å²) in [7, 11) is 0. The molecule has 0 bridgehead atoms. The van der Waals surface area contributed by atoms with Crippen LogP contribution in [0, 0.1) is 0 Å². The molecule has 1 heterocycles. The van der Waals surface area contributed by atoms with E-state index in [1.165, 1.54) is 0 Å². The molecule has 0 saturated carbocycles. The molecule has 0 radical (unpaired) electrons. The van der Waals surface area contributed by atoms with E-state index in [2.05, 4.69) is 10.2 Å². The van der Waals surface area contributed by atoms with E-state index < -0.39 is 0 Å². The van der Waals surface area contributed by atoms with E-state index >= 15 is 0 Å². The van der Waals surface area contributed by atoms with Gasteiger partial charge in [-0.05, 0) is 12.1 Å². The number of allylic oxidation sites excluding steroid dienone is 1. The highest BCUT2D eigenvalue weighted by atomic mass is 35.5. The Morgan fingerprint density at radius 2 is 2.23 bits per heavy atom. The Labute approximate surface area is 81.2 Å². The van der Waals surface area contributed by atoms with Gasteiger partial charge in [-0.15, -0.1) is 11.6 Å². The Kier molecular flexibility index (Phi) is 2.32. The van der Waals surface area contributed by atoms with Crippen LogP contribution in [0.25, 0.3) is 17.0 Å². The molecule has 1 aromatic carbocycles. The first-order valence-corrected chi connectivity index (χ1v) is 4.61. The van der Waals surface area contributed by atoms with Crippen LogP contribution in [-0.4, -0.2) is 16.1 Å². The summed E-state index contributed by atoms with van der Waals surface area (Å²) in [5, 5.41) is 8.23. The van der Waals surface area contributed by atoms with Gasteiger partial charge in [-0.1, -0.05) is 24.3 Å². The van der Waals surface area contributed by atoms with Gasteiger partial charge in [-0.25, -0.2) is 0 Å². The topological polar surface area (TPSA) is 28.7 Å². The van der Waals surface area contributed by atoms with Gasteiger partial charge >= 0.3 is 0 Å². The zero-order valence-corrected chi connectivity index (χ0v) is 7.75. The van der Waals surface area contributed by atoms with Crippen molar-refractivity contribution in [1.29, 1.82) is 0 Å². The van der Waals surface area contributed by atoms with E-state index in [1.807, 2.05) is 36.4 Å². The van der Waals surface area contributed by atoms with Crippen LogP contribution in [0.3, 0.4) is 0 Å². The highest BCUT2D eigenvalue weighted by molar-refractivity contribution is 6.19. The lowest BCUT2D eigenvalue weighted by atomic mass is 10.2. The number of aromatic nitrogens is 2. The molecule has 1 N–H and O–H groups in total. The zero-order chi connectivity index (χ0) is 9.10. The number of H-pyrrole nitrogens is 1. The normalized spacial score (nSPS) is 11.5. The molecule has 66 valence electrons. The highest BCUT2D eigenvalue weighted by Gasteiger charge is 1.99. The Balaban J connectivity index is 2.52. The second-order valence-electron chi connectivity index (χ2n) is 2.71. The molecule has 0 aliphatic rings. The molecule has 0 atom stereocenters. The Bertz CT molecular complexity index is 431. The maximum atomic E-state index is 5.55. The van der Waals surface area contributed by atoms with Gasteiger partial charge in [0, 0.05) is 11.3 Å². The van der Waals surface area contributed by atoms with Gasteiger partial charge in [0.25, 0.3) is 0 Å². The second-order valence-corrected chi connectivity index (χ2v) is 3.02. The molecule has 0 amide bonds. The fourth-order valence-electron chi connectivity index (χ4n) is 1.27. The van der Waals surface area contributed by atoms with Crippen molar-refractivity contribution in [3.8, 4) is 0 Å². The van der Waals surface area contributed by atoms with E-state index in [0.29, 0.717) is 5.88 Å². The van der Waals surface area contributed by atoms with E-state index in [0.717, 1.165) is 16.6 Å². The summed E-state index contributed by atoms with van der Waals surface area (Å²) in [4.78, 5) is 0. The van der Waals surface area contributed by atoms with Crippen molar-refractivity contribution in [2.45, 2.75) is 0 Å². The van der Waals surface area contributed by atoms with Crippen LogP contribution in [0.15, 0.2) is 30.3 Å². The smallest absolute Gasteiger partial charge is 0.0927 e. The number of benzene rings is 1. The SMILES string of the molecule is ClCC=Cc1[nH]nc2ccccc12. The molecule has 0 aliphatic heterocycles. The van der Waals surface area contributed by atoms with E-state index in [4.69, 9.17) is 11.6 Å². The third-order valence-electron chi connectivity index (χ3n) is 1.86. The van der Waals surface area contributed by atoms with Gasteiger partial charge in [0.05, 0.1) is 11.2 Å². The number of aromatic amines is 1. The summed E-state index contributed by atoms with van der Waals surface area (Å²) in [6, 6.07) is 7.98. The van der Waals surface area contributed by atoms with Crippen molar-refractivity contribution in [2.75, 3.05) is 5.88 Å². The summed E-state index contributed by atoms with van der Waals surface area (Å²) < 4.78 is 0. The molecular weight excluding hydrogens is 184 g/mol. The van der Waals surface area contributed by atoms with Crippen LogP contribution in [0.2, 0.25) is 0 Å². The van der Waals surface area contributed by atoms with Crippen LogP contribution in [0.5, 0.6) is 0 Å². The van der Waals surface area contributed by atoms with Gasteiger partial charge < -0.3 is 0 Å². The van der Waals surface area contributed by atoms with Gasteiger partial charge in [-0.3, -0.25) is 5.10 Å². The molecule has 0 aliphatic carbocycles. The summed E-state index contributed by atoms with van der Waals surface area (Å²) >= 11 is 5.55. The number of rotatable bonds is 2. The summed E-state index contributed by atoms with van der Waals surface area (Å²) in [6.45, 7) is 0. The molecular formula is C10H9ClN2. The first-order chi connectivity index (χ1) is 6.42. The number of para-hydroxylation sites is 1. The first-order valence-electron chi connectivity index (χ1n) is 4.07. The average Bonchev–Trinajstić information content (AvgIpc) is 2.58. The third kappa shape index (κ3) is 1.58. The molecule has 0 unspecified atom stereocenters. The Morgan fingerprint density at radius 1 is 1.38 bits per heavy atom. The Hall–Kier alpha value is -1.28. The monoisotopic (exact) mass is 192 g/mol. The molecule has 3 heteroatoms. The summed E-state index contributed by atoms with van der Waals surface area (Å²) in [5.74, 6) is 0.521. The number of fused-ring (bicyclic) bond motifs is 1. The second kappa shape index (κ2) is 3.62. The molecule has 0 spiro atoms. The Morgan fingerprint density at radius 3 is 3.08 bits per heavy atom. The first kappa shape index (κ1) is 8.32. The minimum Gasteiger partial charge on any atom is -0.277 e. The molecule has 0 fully saturated rings. The fourth-order valence-corrected chi connectivity index (χ4v) is 1.36. The van der Waals surface area contributed by atoms with E-state index in [9.17, 15) is 0 Å². The van der Waals surface area contributed by atoms with Crippen molar-refractivity contribution in [2.24, 2.45) is 0 Å². The van der Waals surface area contributed by atoms with Crippen LogP contribution >= 0.6 is 11.6 Å². The molecule has 0 saturated heterocycles. The predicted molar refractivity (Wildman–Crippen MR) is 55.8 cm³/mol. The number of hydrogen-bond acceptors (Lipinski definition) is 1. The minimum atomic E-state index is 0.521. The van der Waals surface area contributed by atoms with Gasteiger partial charge in [-0.2, -0.15) is 5.10 Å². The molecule has 13 heavy (non-hydrogen) atoms. The number of nitrogens with zero attached hydrogens (tertiary/aromatic N) is 1. The van der Waals surface area contributed by atoms with Crippen molar-refractivity contribution in [3.63, 3.8) is 0 Å². The van der Waals surface area contributed by atoms with E-state index in [-0.39, 0.29) is 0 Å². The van der Waals surface area contributed by atoms with Crippen LogP contribution in [0.4, 0.5) is 0 Å². The average molecular weight is 193 g/mol. The molecule has 2 nitrogen and oxygen atoms in total. The van der Waals surface area contributed by atoms with Crippen molar-refractivity contribution in [3.05, 3.63) is 36.0 Å². The lowest BCUT2D eigenvalue weighted by Crippen LogP contribution is -1.72. The summed E-state index contributed by atoms with van der Waals surface area (Å²) in [5.41, 5.74) is 1.99. The number of alkyl halides is 1. The van der Waals surface area contributed by atoms with Crippen molar-refractivity contribution in [1.82, 2.24) is 10.2 Å². The van der Waals surface area contributed by atoms with Crippen molar-refractivity contribution >= 4 is 28.6 Å². The fraction of sp³-hybridized carbons (Fsp3) is 0.100. The number of halogens is 1. The quantitative estimate of drug-likeness (QED) is 0.729. The maximum absolute atomic E-state index is 5.55. The van der Waals surface area contributed by atoms with Crippen LogP contribution < -0.4 is 0 Å². The molecule has 2 aromatic rings. The molecule has 2 rings (SSSR count). The predicted octanol–water partition coefficient (Wildman–Crippen LogP) is 2.81. The number of nitrogens with one attached hydrogen (secondary N) is 1. The molecule has 1 aromatic heterocycles. The minimum absolute atomic E-state index is 0.521. The van der Waals surface area contributed by atoms with E-state index in [1.54, 1.807) is 0 Å². The lowest BCUT2D eigenvalue weighted by molar-refractivity contribution is 1.11. The van der Waals surface area contributed by atoms with Crippen LogP contribution in [0.1, 0.15) is 5.69 Å². The van der Waals surface area contributed by atoms with Crippen LogP contribution in [-0.2, 0) is 0 Å².